The summed E-state index contributed by atoms with van der Waals surface area (Å²) in [6, 6.07) is -1.09. The van der Waals surface area contributed by atoms with E-state index in [0.29, 0.717) is 5.69 Å². The zero-order valence-electron chi connectivity index (χ0n) is 7.80. The Morgan fingerprint density at radius 2 is 2.27 bits per heavy atom. The van der Waals surface area contributed by atoms with Gasteiger partial charge in [0.05, 0.1) is 12.7 Å². The number of hydrogen-bond acceptors (Lipinski definition) is 4. The van der Waals surface area contributed by atoms with Crippen molar-refractivity contribution in [2.45, 2.75) is 19.0 Å². The maximum Gasteiger partial charge on any atom is 0.321 e. The molecule has 1 aromatic rings. The van der Waals surface area contributed by atoms with Crippen LogP contribution in [0.4, 0.5) is 0 Å². The molecule has 0 fully saturated rings. The number of aliphatic carboxylic acids is 2. The van der Waals surface area contributed by atoms with Crippen molar-refractivity contribution in [2.75, 3.05) is 0 Å². The minimum Gasteiger partial charge on any atom is -0.481 e. The Morgan fingerprint density at radius 1 is 1.53 bits per heavy atom. The third kappa shape index (κ3) is 3.77. The number of nitrogens with one attached hydrogen (secondary N) is 2. The molecular formula is C8H11N3O4. The van der Waals surface area contributed by atoms with Gasteiger partial charge in [0, 0.05) is 18.4 Å². The molecule has 0 aliphatic heterocycles. The van der Waals surface area contributed by atoms with E-state index in [1.165, 1.54) is 12.5 Å². The zero-order valence-corrected chi connectivity index (χ0v) is 7.80. The molecule has 0 spiro atoms. The van der Waals surface area contributed by atoms with Gasteiger partial charge in [-0.3, -0.25) is 14.9 Å². The first-order valence-corrected chi connectivity index (χ1v) is 4.25. The SMILES string of the molecule is O=C(O)CC(NCc1cnc[nH]1)C(=O)O. The summed E-state index contributed by atoms with van der Waals surface area (Å²) >= 11 is 0. The molecule has 1 atom stereocenters. The summed E-state index contributed by atoms with van der Waals surface area (Å²) in [6.07, 6.45) is 2.54. The molecule has 0 radical (unpaired) electrons. The van der Waals surface area contributed by atoms with Gasteiger partial charge < -0.3 is 15.2 Å². The second kappa shape index (κ2) is 5.11. The summed E-state index contributed by atoms with van der Waals surface area (Å²) in [7, 11) is 0. The second-order valence-corrected chi connectivity index (χ2v) is 2.95. The van der Waals surface area contributed by atoms with E-state index in [1.54, 1.807) is 0 Å². The number of rotatable bonds is 6. The fourth-order valence-electron chi connectivity index (χ4n) is 1.04. The Hall–Kier alpha value is -1.89. The van der Waals surface area contributed by atoms with Crippen LogP contribution in [0, 0.1) is 0 Å². The first-order chi connectivity index (χ1) is 7.09. The van der Waals surface area contributed by atoms with E-state index in [4.69, 9.17) is 10.2 Å². The summed E-state index contributed by atoms with van der Waals surface area (Å²) < 4.78 is 0. The number of H-pyrrole nitrogens is 1. The first kappa shape index (κ1) is 11.2. The minimum absolute atomic E-state index is 0.240. The van der Waals surface area contributed by atoms with Gasteiger partial charge in [-0.2, -0.15) is 0 Å². The number of aromatic amines is 1. The number of imidazole rings is 1. The monoisotopic (exact) mass is 213 g/mol. The van der Waals surface area contributed by atoms with Gasteiger partial charge in [-0.25, -0.2) is 4.98 Å². The third-order valence-electron chi connectivity index (χ3n) is 1.77. The molecule has 7 heteroatoms. The standard InChI is InChI=1S/C8H11N3O4/c12-7(13)1-6(8(14)15)10-3-5-2-9-4-11-5/h2,4,6,10H,1,3H2,(H,9,11)(H,12,13)(H,14,15). The normalized spacial score (nSPS) is 12.3. The Kier molecular flexibility index (Phi) is 3.81. The fourth-order valence-corrected chi connectivity index (χ4v) is 1.04. The molecule has 0 saturated heterocycles. The largest absolute Gasteiger partial charge is 0.481 e. The number of carboxylic acids is 2. The molecule has 7 nitrogen and oxygen atoms in total. The molecule has 0 saturated carbocycles. The molecule has 0 amide bonds. The number of aromatic nitrogens is 2. The number of carboxylic acid groups (broad SMARTS) is 2. The van der Waals surface area contributed by atoms with E-state index < -0.39 is 24.4 Å². The van der Waals surface area contributed by atoms with Gasteiger partial charge >= 0.3 is 11.9 Å². The molecule has 0 aromatic carbocycles. The highest BCUT2D eigenvalue weighted by atomic mass is 16.4. The number of carbonyl (C=O) groups is 2. The molecule has 1 unspecified atom stereocenters. The first-order valence-electron chi connectivity index (χ1n) is 4.25. The zero-order chi connectivity index (χ0) is 11.3. The highest BCUT2D eigenvalue weighted by molar-refractivity contribution is 5.80. The van der Waals surface area contributed by atoms with Gasteiger partial charge in [0.15, 0.2) is 0 Å². The minimum atomic E-state index is -1.18. The summed E-state index contributed by atoms with van der Waals surface area (Å²) in [6.45, 7) is 0.240. The molecule has 15 heavy (non-hydrogen) atoms. The van der Waals surface area contributed by atoms with E-state index in [-0.39, 0.29) is 6.54 Å². The van der Waals surface area contributed by atoms with Crippen LogP contribution in [-0.4, -0.2) is 38.2 Å². The average molecular weight is 213 g/mol. The van der Waals surface area contributed by atoms with Crippen LogP contribution >= 0.6 is 0 Å². The van der Waals surface area contributed by atoms with Crippen LogP contribution in [0.25, 0.3) is 0 Å². The molecule has 1 aromatic heterocycles. The van der Waals surface area contributed by atoms with Gasteiger partial charge in [0.25, 0.3) is 0 Å². The van der Waals surface area contributed by atoms with Crippen molar-refractivity contribution in [1.82, 2.24) is 15.3 Å². The lowest BCUT2D eigenvalue weighted by atomic mass is 10.2. The maximum atomic E-state index is 10.6. The van der Waals surface area contributed by atoms with Crippen LogP contribution in [-0.2, 0) is 16.1 Å². The van der Waals surface area contributed by atoms with Crippen molar-refractivity contribution in [2.24, 2.45) is 0 Å². The molecule has 0 bridgehead atoms. The van der Waals surface area contributed by atoms with Crippen LogP contribution in [0.15, 0.2) is 12.5 Å². The van der Waals surface area contributed by atoms with E-state index in [9.17, 15) is 9.59 Å². The Bertz CT molecular complexity index is 336. The topological polar surface area (TPSA) is 115 Å². The van der Waals surface area contributed by atoms with E-state index in [1.807, 2.05) is 0 Å². The van der Waals surface area contributed by atoms with Gasteiger partial charge in [0.1, 0.15) is 6.04 Å². The molecule has 0 aliphatic carbocycles. The smallest absolute Gasteiger partial charge is 0.321 e. The molecule has 1 rings (SSSR count). The summed E-state index contributed by atoms with van der Waals surface area (Å²) in [5.41, 5.74) is 0.701. The lowest BCUT2D eigenvalue weighted by molar-refractivity contribution is -0.146. The molecule has 1 heterocycles. The van der Waals surface area contributed by atoms with Crippen LogP contribution in [0.5, 0.6) is 0 Å². The number of nitrogens with zero attached hydrogens (tertiary/aromatic N) is 1. The highest BCUT2D eigenvalue weighted by Crippen LogP contribution is 1.96. The molecule has 82 valence electrons. The van der Waals surface area contributed by atoms with Crippen LogP contribution in [0.1, 0.15) is 12.1 Å². The summed E-state index contributed by atoms with van der Waals surface area (Å²) in [5.74, 6) is -2.34. The average Bonchev–Trinajstić information content (AvgIpc) is 2.63. The molecule has 0 aliphatic rings. The second-order valence-electron chi connectivity index (χ2n) is 2.95. The van der Waals surface area contributed by atoms with Gasteiger partial charge in [-0.05, 0) is 0 Å². The quantitative estimate of drug-likeness (QED) is 0.503. The van der Waals surface area contributed by atoms with Crippen molar-refractivity contribution >= 4 is 11.9 Å². The predicted molar refractivity (Wildman–Crippen MR) is 49.1 cm³/mol. The molecule has 4 N–H and O–H groups in total. The molecular weight excluding hydrogens is 202 g/mol. The summed E-state index contributed by atoms with van der Waals surface area (Å²) in [5, 5.41) is 19.8. The van der Waals surface area contributed by atoms with Crippen LogP contribution < -0.4 is 5.32 Å². The van der Waals surface area contributed by atoms with Crippen LogP contribution in [0.2, 0.25) is 0 Å². The lowest BCUT2D eigenvalue weighted by Crippen LogP contribution is -2.38. The highest BCUT2D eigenvalue weighted by Gasteiger charge is 2.20. The van der Waals surface area contributed by atoms with E-state index in [0.717, 1.165) is 0 Å². The maximum absolute atomic E-state index is 10.6. The fraction of sp³-hybridized carbons (Fsp3) is 0.375. The summed E-state index contributed by atoms with van der Waals surface area (Å²) in [4.78, 5) is 27.5. The van der Waals surface area contributed by atoms with Gasteiger partial charge in [-0.15, -0.1) is 0 Å². The predicted octanol–water partition coefficient (Wildman–Crippen LogP) is -0.573. The number of hydrogen-bond donors (Lipinski definition) is 4. The van der Waals surface area contributed by atoms with Gasteiger partial charge in [0.2, 0.25) is 0 Å². The Morgan fingerprint density at radius 3 is 2.73 bits per heavy atom. The third-order valence-corrected chi connectivity index (χ3v) is 1.77. The Balaban J connectivity index is 2.45. The lowest BCUT2D eigenvalue weighted by Gasteiger charge is -2.10. The van der Waals surface area contributed by atoms with E-state index in [2.05, 4.69) is 15.3 Å². The van der Waals surface area contributed by atoms with Gasteiger partial charge in [-0.1, -0.05) is 0 Å². The van der Waals surface area contributed by atoms with Crippen molar-refractivity contribution in [3.8, 4) is 0 Å². The van der Waals surface area contributed by atoms with Crippen LogP contribution in [0.3, 0.4) is 0 Å². The van der Waals surface area contributed by atoms with Crippen molar-refractivity contribution in [1.29, 1.82) is 0 Å². The van der Waals surface area contributed by atoms with Crippen molar-refractivity contribution in [3.05, 3.63) is 18.2 Å². The van der Waals surface area contributed by atoms with Crippen molar-refractivity contribution < 1.29 is 19.8 Å². The van der Waals surface area contributed by atoms with E-state index >= 15 is 0 Å². The van der Waals surface area contributed by atoms with Crippen molar-refractivity contribution in [3.63, 3.8) is 0 Å². The Labute approximate surface area is 85.1 Å².